The number of nitrogens with one attached hydrogen (secondary N) is 1. The van der Waals surface area contributed by atoms with Gasteiger partial charge in [-0.3, -0.25) is 9.80 Å². The molecule has 0 radical (unpaired) electrons. The minimum absolute atomic E-state index is 0.458. The van der Waals surface area contributed by atoms with Gasteiger partial charge in [0.05, 0.1) is 0 Å². The molecule has 0 amide bonds. The fourth-order valence-corrected chi connectivity index (χ4v) is 3.05. The Labute approximate surface area is 120 Å². The predicted molar refractivity (Wildman–Crippen MR) is 77.8 cm³/mol. The van der Waals surface area contributed by atoms with E-state index in [4.69, 9.17) is 4.74 Å². The monoisotopic (exact) mass is 277 g/mol. The van der Waals surface area contributed by atoms with Crippen LogP contribution in [0.4, 0.5) is 5.82 Å². The zero-order valence-corrected chi connectivity index (χ0v) is 12.3. The molecule has 0 saturated carbocycles. The van der Waals surface area contributed by atoms with Gasteiger partial charge in [0.1, 0.15) is 12.4 Å². The van der Waals surface area contributed by atoms with E-state index in [1.54, 1.807) is 7.11 Å². The van der Waals surface area contributed by atoms with Crippen LogP contribution < -0.4 is 5.32 Å². The largest absolute Gasteiger partial charge is 0.377 e. The van der Waals surface area contributed by atoms with E-state index in [1.165, 1.54) is 32.7 Å². The van der Waals surface area contributed by atoms with Crippen molar-refractivity contribution in [3.63, 3.8) is 0 Å². The summed E-state index contributed by atoms with van der Waals surface area (Å²) in [5.74, 6) is 1.64. The van der Waals surface area contributed by atoms with Gasteiger partial charge in [0.25, 0.3) is 0 Å². The highest BCUT2D eigenvalue weighted by atomic mass is 16.5. The van der Waals surface area contributed by atoms with E-state index in [2.05, 4.69) is 25.1 Å². The molecule has 3 aliphatic rings. The number of aromatic nitrogens is 2. The summed E-state index contributed by atoms with van der Waals surface area (Å²) in [5.41, 5.74) is 0.976. The summed E-state index contributed by atoms with van der Waals surface area (Å²) in [7, 11) is 1.67. The zero-order valence-electron chi connectivity index (χ0n) is 12.3. The second-order valence-electron chi connectivity index (χ2n) is 5.62. The third kappa shape index (κ3) is 3.08. The van der Waals surface area contributed by atoms with E-state index in [-0.39, 0.29) is 0 Å². The van der Waals surface area contributed by atoms with Crippen LogP contribution in [0.2, 0.25) is 0 Å². The quantitative estimate of drug-likeness (QED) is 0.838. The Balaban J connectivity index is 1.60. The minimum Gasteiger partial charge on any atom is -0.377 e. The average molecular weight is 277 g/mol. The minimum atomic E-state index is 0.458. The summed E-state index contributed by atoms with van der Waals surface area (Å²) in [6.07, 6.45) is 0. The molecule has 1 N–H and O–H groups in total. The Bertz CT molecular complexity index is 459. The van der Waals surface area contributed by atoms with E-state index in [0.717, 1.165) is 23.9 Å². The molecule has 0 aliphatic carbocycles. The Kier molecular flexibility index (Phi) is 4.14. The molecule has 2 bridgehead atoms. The lowest BCUT2D eigenvalue weighted by atomic mass is 10.1. The molecule has 0 spiro atoms. The van der Waals surface area contributed by atoms with Gasteiger partial charge in [0.15, 0.2) is 5.82 Å². The van der Waals surface area contributed by atoms with Crippen molar-refractivity contribution >= 4 is 5.82 Å². The molecular formula is C14H23N5O. The van der Waals surface area contributed by atoms with Crippen LogP contribution in [0.15, 0.2) is 6.07 Å². The smallest absolute Gasteiger partial charge is 0.156 e. The Morgan fingerprint density at radius 1 is 1.30 bits per heavy atom. The molecule has 20 heavy (non-hydrogen) atoms. The maximum Gasteiger partial charge on any atom is 0.156 e. The van der Waals surface area contributed by atoms with Gasteiger partial charge in [-0.2, -0.15) is 0 Å². The van der Waals surface area contributed by atoms with Gasteiger partial charge in [0, 0.05) is 64.2 Å². The topological polar surface area (TPSA) is 53.5 Å². The van der Waals surface area contributed by atoms with Crippen molar-refractivity contribution in [1.29, 1.82) is 0 Å². The number of methoxy groups -OCH3 is 1. The lowest BCUT2D eigenvalue weighted by Gasteiger charge is -2.47. The van der Waals surface area contributed by atoms with Crippen molar-refractivity contribution in [2.45, 2.75) is 19.6 Å². The van der Waals surface area contributed by atoms with Crippen LogP contribution in [-0.2, 0) is 11.3 Å². The SMILES string of the molecule is COCc1nc(C)cc(NCC2CN3CCN2CC3)n1. The first kappa shape index (κ1) is 13.7. The number of hydrogen-bond donors (Lipinski definition) is 1. The van der Waals surface area contributed by atoms with Gasteiger partial charge in [-0.1, -0.05) is 0 Å². The number of ether oxygens (including phenoxy) is 1. The summed E-state index contributed by atoms with van der Waals surface area (Å²) in [5, 5.41) is 3.46. The number of anilines is 1. The fourth-order valence-electron chi connectivity index (χ4n) is 3.05. The second kappa shape index (κ2) is 6.03. The molecule has 4 rings (SSSR count). The highest BCUT2D eigenvalue weighted by molar-refractivity contribution is 5.36. The molecule has 110 valence electrons. The van der Waals surface area contributed by atoms with Gasteiger partial charge in [-0.25, -0.2) is 9.97 Å². The number of rotatable bonds is 5. The predicted octanol–water partition coefficient (Wildman–Crippen LogP) is 0.343. The van der Waals surface area contributed by atoms with Crippen LogP contribution in [0.3, 0.4) is 0 Å². The Morgan fingerprint density at radius 3 is 2.75 bits per heavy atom. The van der Waals surface area contributed by atoms with E-state index in [0.29, 0.717) is 12.6 Å². The highest BCUT2D eigenvalue weighted by Gasteiger charge is 2.31. The van der Waals surface area contributed by atoms with Gasteiger partial charge in [0.2, 0.25) is 0 Å². The fraction of sp³-hybridized carbons (Fsp3) is 0.714. The standard InChI is InChI=1S/C14H23N5O/c1-11-7-13(17-14(16-11)10-20-2)15-8-12-9-18-3-5-19(12)6-4-18/h7,12H,3-6,8-10H2,1-2H3,(H,15,16,17). The van der Waals surface area contributed by atoms with Crippen LogP contribution in [0.5, 0.6) is 0 Å². The summed E-state index contributed by atoms with van der Waals surface area (Å²) < 4.78 is 5.10. The van der Waals surface area contributed by atoms with Gasteiger partial charge < -0.3 is 10.1 Å². The number of piperazine rings is 3. The first-order valence-electron chi connectivity index (χ1n) is 7.28. The van der Waals surface area contributed by atoms with Gasteiger partial charge in [-0.15, -0.1) is 0 Å². The normalized spacial score (nSPS) is 28.6. The van der Waals surface area contributed by atoms with E-state index in [1.807, 2.05) is 13.0 Å². The molecule has 1 aromatic rings. The lowest BCUT2D eigenvalue weighted by Crippen LogP contribution is -2.62. The molecule has 1 atom stereocenters. The van der Waals surface area contributed by atoms with Crippen molar-refractivity contribution in [3.05, 3.63) is 17.6 Å². The number of fused-ring (bicyclic) bond motifs is 3. The average Bonchev–Trinajstić information content (AvgIpc) is 2.46. The maximum atomic E-state index is 5.10. The van der Waals surface area contributed by atoms with Crippen molar-refractivity contribution < 1.29 is 4.74 Å². The summed E-state index contributed by atoms with van der Waals surface area (Å²) >= 11 is 0. The van der Waals surface area contributed by atoms with Crippen LogP contribution >= 0.6 is 0 Å². The molecule has 3 fully saturated rings. The van der Waals surface area contributed by atoms with Crippen LogP contribution in [0, 0.1) is 6.92 Å². The maximum absolute atomic E-state index is 5.10. The molecule has 6 heteroatoms. The summed E-state index contributed by atoms with van der Waals surface area (Å²) in [6, 6.07) is 2.59. The van der Waals surface area contributed by atoms with Crippen molar-refractivity contribution in [2.24, 2.45) is 0 Å². The van der Waals surface area contributed by atoms with Crippen molar-refractivity contribution in [2.75, 3.05) is 51.7 Å². The van der Waals surface area contributed by atoms with E-state index >= 15 is 0 Å². The lowest BCUT2D eigenvalue weighted by molar-refractivity contribution is 0.0189. The highest BCUT2D eigenvalue weighted by Crippen LogP contribution is 2.16. The number of nitrogens with zero attached hydrogens (tertiary/aromatic N) is 4. The molecule has 3 aliphatic heterocycles. The van der Waals surface area contributed by atoms with Crippen molar-refractivity contribution in [3.8, 4) is 0 Å². The molecule has 1 unspecified atom stereocenters. The molecular weight excluding hydrogens is 254 g/mol. The van der Waals surface area contributed by atoms with Gasteiger partial charge >= 0.3 is 0 Å². The molecule has 3 saturated heterocycles. The summed E-state index contributed by atoms with van der Waals surface area (Å²) in [6.45, 7) is 9.40. The molecule has 0 aromatic carbocycles. The molecule has 6 nitrogen and oxygen atoms in total. The zero-order chi connectivity index (χ0) is 13.9. The van der Waals surface area contributed by atoms with Crippen LogP contribution in [0.1, 0.15) is 11.5 Å². The van der Waals surface area contributed by atoms with Crippen LogP contribution in [0.25, 0.3) is 0 Å². The third-order valence-corrected chi connectivity index (χ3v) is 4.08. The first-order chi connectivity index (χ1) is 9.74. The number of hydrogen-bond acceptors (Lipinski definition) is 6. The second-order valence-corrected chi connectivity index (χ2v) is 5.62. The number of aryl methyl sites for hydroxylation is 1. The Morgan fingerprint density at radius 2 is 2.10 bits per heavy atom. The van der Waals surface area contributed by atoms with Crippen LogP contribution in [-0.4, -0.2) is 72.2 Å². The summed E-state index contributed by atoms with van der Waals surface area (Å²) in [4.78, 5) is 14.0. The van der Waals surface area contributed by atoms with Crippen molar-refractivity contribution in [1.82, 2.24) is 19.8 Å². The molecule has 4 heterocycles. The first-order valence-corrected chi connectivity index (χ1v) is 7.28. The Hall–Kier alpha value is -1.24. The van der Waals surface area contributed by atoms with E-state index in [9.17, 15) is 0 Å². The third-order valence-electron chi connectivity index (χ3n) is 4.08. The van der Waals surface area contributed by atoms with E-state index < -0.39 is 0 Å². The van der Waals surface area contributed by atoms with Gasteiger partial charge in [-0.05, 0) is 6.92 Å². The molecule has 1 aromatic heterocycles.